The molecule has 1 aliphatic heterocycles. The highest BCUT2D eigenvalue weighted by atomic mass is 14.9. The SMILES string of the molecule is [C]1=CC2CCNC2C=C1. The molecule has 0 aromatic heterocycles. The summed E-state index contributed by atoms with van der Waals surface area (Å²) in [5.41, 5.74) is 0. The third-order valence-corrected chi connectivity index (χ3v) is 2.03. The number of rotatable bonds is 0. The Hall–Kier alpha value is -0.560. The number of nitrogens with one attached hydrogen (secondary N) is 1. The van der Waals surface area contributed by atoms with Crippen LogP contribution in [-0.4, -0.2) is 12.6 Å². The zero-order valence-corrected chi connectivity index (χ0v) is 5.30. The topological polar surface area (TPSA) is 12.0 Å². The average Bonchev–Trinajstić information content (AvgIpc) is 2.33. The Morgan fingerprint density at radius 1 is 1.56 bits per heavy atom. The van der Waals surface area contributed by atoms with E-state index in [1.165, 1.54) is 6.42 Å². The van der Waals surface area contributed by atoms with Crippen molar-refractivity contribution in [2.45, 2.75) is 12.5 Å². The lowest BCUT2D eigenvalue weighted by Gasteiger charge is -2.13. The monoisotopic (exact) mass is 120 g/mol. The third kappa shape index (κ3) is 0.815. The number of hydrogen-bond donors (Lipinski definition) is 1. The van der Waals surface area contributed by atoms with E-state index in [-0.39, 0.29) is 0 Å². The largest absolute Gasteiger partial charge is 0.310 e. The quantitative estimate of drug-likeness (QED) is 0.500. The molecule has 1 N–H and O–H groups in total. The van der Waals surface area contributed by atoms with Gasteiger partial charge >= 0.3 is 0 Å². The van der Waals surface area contributed by atoms with Crippen LogP contribution < -0.4 is 5.32 Å². The van der Waals surface area contributed by atoms with Crippen LogP contribution in [0.5, 0.6) is 0 Å². The normalized spacial score (nSPS) is 39.1. The Kier molecular flexibility index (Phi) is 1.16. The molecule has 2 atom stereocenters. The second-order valence-electron chi connectivity index (χ2n) is 2.62. The van der Waals surface area contributed by atoms with Gasteiger partial charge in [0.15, 0.2) is 0 Å². The van der Waals surface area contributed by atoms with Crippen LogP contribution in [0.1, 0.15) is 6.42 Å². The summed E-state index contributed by atoms with van der Waals surface area (Å²) in [4.78, 5) is 0. The molecule has 47 valence electrons. The van der Waals surface area contributed by atoms with E-state index in [9.17, 15) is 0 Å². The van der Waals surface area contributed by atoms with Crippen LogP contribution >= 0.6 is 0 Å². The van der Waals surface area contributed by atoms with Crippen molar-refractivity contribution < 1.29 is 0 Å². The summed E-state index contributed by atoms with van der Waals surface area (Å²) >= 11 is 0. The Morgan fingerprint density at radius 2 is 2.56 bits per heavy atom. The van der Waals surface area contributed by atoms with E-state index >= 15 is 0 Å². The molecular formula is C8H10N. The third-order valence-electron chi connectivity index (χ3n) is 2.03. The molecule has 0 saturated carbocycles. The molecule has 0 aromatic carbocycles. The first-order valence-electron chi connectivity index (χ1n) is 3.46. The standard InChI is InChI=1S/C8H10N/c1-2-4-8-7(3-1)5-6-9-8/h2-4,7-9H,5-6H2. The minimum absolute atomic E-state index is 0.617. The minimum atomic E-state index is 0.617. The second-order valence-corrected chi connectivity index (χ2v) is 2.62. The van der Waals surface area contributed by atoms with Crippen molar-refractivity contribution in [2.24, 2.45) is 5.92 Å². The molecule has 0 spiro atoms. The lowest BCUT2D eigenvalue weighted by molar-refractivity contribution is 0.611. The maximum atomic E-state index is 3.40. The zero-order chi connectivity index (χ0) is 6.10. The van der Waals surface area contributed by atoms with Crippen molar-refractivity contribution >= 4 is 0 Å². The first-order chi connectivity index (χ1) is 4.47. The van der Waals surface area contributed by atoms with Gasteiger partial charge in [0, 0.05) is 6.04 Å². The van der Waals surface area contributed by atoms with Gasteiger partial charge in [0.25, 0.3) is 0 Å². The molecule has 1 fully saturated rings. The molecule has 1 radical (unpaired) electrons. The maximum Gasteiger partial charge on any atom is 0.0317 e. The molecule has 2 unspecified atom stereocenters. The van der Waals surface area contributed by atoms with E-state index in [1.54, 1.807) is 0 Å². The number of hydrogen-bond acceptors (Lipinski definition) is 1. The molecule has 1 heteroatoms. The molecule has 2 aliphatic rings. The van der Waals surface area contributed by atoms with Gasteiger partial charge in [-0.3, -0.25) is 0 Å². The van der Waals surface area contributed by atoms with E-state index < -0.39 is 0 Å². The lowest BCUT2D eigenvalue weighted by Crippen LogP contribution is -2.24. The van der Waals surface area contributed by atoms with E-state index in [1.807, 2.05) is 6.08 Å². The predicted octanol–water partition coefficient (Wildman–Crippen LogP) is 0.894. The van der Waals surface area contributed by atoms with E-state index in [2.05, 4.69) is 23.5 Å². The fraction of sp³-hybridized carbons (Fsp3) is 0.500. The van der Waals surface area contributed by atoms with Gasteiger partial charge in [0.1, 0.15) is 0 Å². The van der Waals surface area contributed by atoms with E-state index in [4.69, 9.17) is 0 Å². The molecule has 0 aromatic rings. The van der Waals surface area contributed by atoms with Crippen LogP contribution in [0.3, 0.4) is 0 Å². The predicted molar refractivity (Wildman–Crippen MR) is 36.9 cm³/mol. The molecule has 1 heterocycles. The van der Waals surface area contributed by atoms with Crippen LogP contribution in [0, 0.1) is 12.0 Å². The molecule has 2 rings (SSSR count). The van der Waals surface area contributed by atoms with Gasteiger partial charge in [-0.15, -0.1) is 0 Å². The number of allylic oxidation sites excluding steroid dienone is 2. The highest BCUT2D eigenvalue weighted by Gasteiger charge is 2.22. The first kappa shape index (κ1) is 5.24. The van der Waals surface area contributed by atoms with Gasteiger partial charge in [-0.25, -0.2) is 0 Å². The molecule has 9 heavy (non-hydrogen) atoms. The van der Waals surface area contributed by atoms with Gasteiger partial charge < -0.3 is 5.32 Å². The highest BCUT2D eigenvalue weighted by Crippen LogP contribution is 2.20. The summed E-state index contributed by atoms with van der Waals surface area (Å²) in [6.45, 7) is 1.16. The van der Waals surface area contributed by atoms with E-state index in [0.717, 1.165) is 12.5 Å². The van der Waals surface area contributed by atoms with E-state index in [0.29, 0.717) is 6.04 Å². The molecular weight excluding hydrogens is 110 g/mol. The van der Waals surface area contributed by atoms with Gasteiger partial charge in [-0.05, 0) is 25.0 Å². The highest BCUT2D eigenvalue weighted by molar-refractivity contribution is 5.14. The van der Waals surface area contributed by atoms with Crippen molar-refractivity contribution in [1.29, 1.82) is 0 Å². The van der Waals surface area contributed by atoms with Crippen LogP contribution in [0.4, 0.5) is 0 Å². The molecule has 1 saturated heterocycles. The molecule has 1 nitrogen and oxygen atoms in total. The maximum absolute atomic E-state index is 3.40. The second kappa shape index (κ2) is 1.99. The van der Waals surface area contributed by atoms with Crippen molar-refractivity contribution in [3.8, 4) is 0 Å². The molecule has 0 amide bonds. The van der Waals surface area contributed by atoms with Crippen LogP contribution in [0.15, 0.2) is 18.2 Å². The van der Waals surface area contributed by atoms with Crippen LogP contribution in [0.2, 0.25) is 0 Å². The average molecular weight is 120 g/mol. The summed E-state index contributed by atoms with van der Waals surface area (Å²) in [6.07, 6.45) is 10.8. The summed E-state index contributed by atoms with van der Waals surface area (Å²) in [7, 11) is 0. The molecule has 0 bridgehead atoms. The Balaban J connectivity index is 2.18. The van der Waals surface area contributed by atoms with Crippen molar-refractivity contribution in [2.75, 3.05) is 6.54 Å². The lowest BCUT2D eigenvalue weighted by atomic mass is 9.97. The Labute approximate surface area is 55.5 Å². The number of fused-ring (bicyclic) bond motifs is 1. The minimum Gasteiger partial charge on any atom is -0.310 e. The summed E-state index contributed by atoms with van der Waals surface area (Å²) < 4.78 is 0. The zero-order valence-electron chi connectivity index (χ0n) is 5.30. The van der Waals surface area contributed by atoms with Gasteiger partial charge in [-0.2, -0.15) is 0 Å². The van der Waals surface area contributed by atoms with Crippen LogP contribution in [-0.2, 0) is 0 Å². The first-order valence-corrected chi connectivity index (χ1v) is 3.46. The summed E-state index contributed by atoms with van der Waals surface area (Å²) in [5, 5.41) is 3.40. The van der Waals surface area contributed by atoms with Crippen molar-refractivity contribution in [3.05, 3.63) is 24.3 Å². The van der Waals surface area contributed by atoms with Gasteiger partial charge in [-0.1, -0.05) is 18.2 Å². The van der Waals surface area contributed by atoms with Crippen LogP contribution in [0.25, 0.3) is 0 Å². The fourth-order valence-corrected chi connectivity index (χ4v) is 1.48. The Bertz CT molecular complexity index is 140. The van der Waals surface area contributed by atoms with Gasteiger partial charge in [0.2, 0.25) is 0 Å². The summed E-state index contributed by atoms with van der Waals surface area (Å²) in [5.74, 6) is 0.731. The molecule has 1 aliphatic carbocycles. The Morgan fingerprint density at radius 3 is 3.44 bits per heavy atom. The smallest absolute Gasteiger partial charge is 0.0317 e. The van der Waals surface area contributed by atoms with Crippen molar-refractivity contribution in [3.63, 3.8) is 0 Å². The summed E-state index contributed by atoms with van der Waals surface area (Å²) in [6, 6.07) is 0.617. The van der Waals surface area contributed by atoms with Gasteiger partial charge in [0.05, 0.1) is 0 Å². The van der Waals surface area contributed by atoms with Crippen molar-refractivity contribution in [1.82, 2.24) is 5.32 Å². The fourth-order valence-electron chi connectivity index (χ4n) is 1.48.